The summed E-state index contributed by atoms with van der Waals surface area (Å²) in [5.74, 6) is 1.75. The maximum atomic E-state index is 5.58. The number of ether oxygens (including phenoxy) is 1. The van der Waals surface area contributed by atoms with E-state index in [1.807, 2.05) is 44.2 Å². The van der Waals surface area contributed by atoms with Crippen molar-refractivity contribution < 1.29 is 4.74 Å². The molecular weight excluding hydrogens is 160 g/mol. The third-order valence-corrected chi connectivity index (χ3v) is 1.72. The predicted molar refractivity (Wildman–Crippen MR) is 55.8 cm³/mol. The first kappa shape index (κ1) is 9.59. The Balaban J connectivity index is 2.80. The Hall–Kier alpha value is -1.50. The minimum atomic E-state index is 0.851. The Morgan fingerprint density at radius 2 is 2.08 bits per heavy atom. The maximum Gasteiger partial charge on any atom is 0.129 e. The molecule has 1 aromatic rings. The first-order valence-electron chi connectivity index (χ1n) is 4.27. The number of rotatable bonds is 3. The van der Waals surface area contributed by atoms with Gasteiger partial charge in [0.05, 0.1) is 0 Å². The van der Waals surface area contributed by atoms with Crippen LogP contribution in [0.3, 0.4) is 0 Å². The zero-order chi connectivity index (χ0) is 9.68. The molecule has 0 aliphatic heterocycles. The number of aryl methyl sites for hydroxylation is 1. The summed E-state index contributed by atoms with van der Waals surface area (Å²) < 4.78 is 5.58. The zero-order valence-corrected chi connectivity index (χ0v) is 8.08. The molecule has 0 unspecified atom stereocenters. The molecule has 1 nitrogen and oxygen atoms in total. The van der Waals surface area contributed by atoms with Gasteiger partial charge in [0.15, 0.2) is 0 Å². The molecule has 1 aromatic carbocycles. The molecule has 13 heavy (non-hydrogen) atoms. The average Bonchev–Trinajstić information content (AvgIpc) is 2.09. The molecule has 1 heteroatoms. The smallest absolute Gasteiger partial charge is 0.129 e. The first-order chi connectivity index (χ1) is 6.24. The number of hydrogen-bond acceptors (Lipinski definition) is 1. The monoisotopic (exact) mass is 174 g/mol. The van der Waals surface area contributed by atoms with Gasteiger partial charge >= 0.3 is 0 Å². The summed E-state index contributed by atoms with van der Waals surface area (Å²) in [6.45, 7) is 7.54. The molecule has 0 N–H and O–H groups in total. The Labute approximate surface area is 79.4 Å². The van der Waals surface area contributed by atoms with Gasteiger partial charge in [0.25, 0.3) is 0 Å². The minimum absolute atomic E-state index is 0.851. The van der Waals surface area contributed by atoms with E-state index in [4.69, 9.17) is 4.74 Å². The van der Waals surface area contributed by atoms with Gasteiger partial charge in [-0.3, -0.25) is 0 Å². The summed E-state index contributed by atoms with van der Waals surface area (Å²) >= 11 is 0. The third kappa shape index (κ3) is 2.79. The molecule has 1 rings (SSSR count). The zero-order valence-electron chi connectivity index (χ0n) is 8.08. The van der Waals surface area contributed by atoms with Gasteiger partial charge in [-0.2, -0.15) is 0 Å². The van der Waals surface area contributed by atoms with Gasteiger partial charge in [-0.15, -0.1) is 0 Å². The van der Waals surface area contributed by atoms with Crippen molar-refractivity contribution in [1.29, 1.82) is 0 Å². The molecular formula is C12H14O. The second-order valence-corrected chi connectivity index (χ2v) is 2.88. The van der Waals surface area contributed by atoms with E-state index in [1.165, 1.54) is 0 Å². The van der Waals surface area contributed by atoms with Crippen molar-refractivity contribution in [3.63, 3.8) is 0 Å². The molecule has 0 atom stereocenters. The van der Waals surface area contributed by atoms with Gasteiger partial charge in [-0.1, -0.05) is 30.9 Å². The van der Waals surface area contributed by atoms with E-state index in [0.29, 0.717) is 0 Å². The summed E-state index contributed by atoms with van der Waals surface area (Å²) in [6.07, 6.45) is 3.56. The molecule has 0 radical (unpaired) electrons. The second kappa shape index (κ2) is 4.51. The largest absolute Gasteiger partial charge is 0.462 e. The van der Waals surface area contributed by atoms with Crippen LogP contribution in [0, 0.1) is 6.92 Å². The lowest BCUT2D eigenvalue weighted by molar-refractivity contribution is 0.425. The van der Waals surface area contributed by atoms with Crippen molar-refractivity contribution in [1.82, 2.24) is 0 Å². The fourth-order valence-electron chi connectivity index (χ4n) is 1.04. The molecule has 68 valence electrons. The van der Waals surface area contributed by atoms with E-state index in [0.717, 1.165) is 17.1 Å². The lowest BCUT2D eigenvalue weighted by atomic mass is 10.2. The van der Waals surface area contributed by atoms with Crippen LogP contribution < -0.4 is 4.74 Å². The number of para-hydroxylation sites is 1. The van der Waals surface area contributed by atoms with Gasteiger partial charge in [0.2, 0.25) is 0 Å². The van der Waals surface area contributed by atoms with Crippen LogP contribution in [0.4, 0.5) is 0 Å². The molecule has 0 bridgehead atoms. The predicted octanol–water partition coefficient (Wildman–Crippen LogP) is 3.46. The second-order valence-electron chi connectivity index (χ2n) is 2.88. The van der Waals surface area contributed by atoms with Crippen molar-refractivity contribution in [3.05, 3.63) is 54.3 Å². The van der Waals surface area contributed by atoms with Crippen LogP contribution in [0.5, 0.6) is 5.75 Å². The fourth-order valence-corrected chi connectivity index (χ4v) is 1.04. The first-order valence-corrected chi connectivity index (χ1v) is 4.27. The summed E-state index contributed by atoms with van der Waals surface area (Å²) in [5.41, 5.74) is 1.14. The van der Waals surface area contributed by atoms with Crippen LogP contribution in [0.2, 0.25) is 0 Å². The highest BCUT2D eigenvalue weighted by Gasteiger charge is 1.97. The molecule has 0 saturated carbocycles. The van der Waals surface area contributed by atoms with Crippen molar-refractivity contribution in [2.75, 3.05) is 0 Å². The number of hydrogen-bond donors (Lipinski definition) is 0. The molecule has 0 aliphatic carbocycles. The fraction of sp³-hybridized carbons (Fsp3) is 0.167. The molecule has 0 aliphatic rings. The molecule has 0 saturated heterocycles. The van der Waals surface area contributed by atoms with Gasteiger partial charge < -0.3 is 4.74 Å². The molecule has 0 heterocycles. The van der Waals surface area contributed by atoms with Gasteiger partial charge in [-0.05, 0) is 31.6 Å². The van der Waals surface area contributed by atoms with Crippen molar-refractivity contribution in [3.8, 4) is 5.75 Å². The van der Waals surface area contributed by atoms with Crippen LogP contribution in [0.1, 0.15) is 12.5 Å². The highest BCUT2D eigenvalue weighted by atomic mass is 16.5. The van der Waals surface area contributed by atoms with Crippen LogP contribution in [0.15, 0.2) is 48.8 Å². The van der Waals surface area contributed by atoms with E-state index in [9.17, 15) is 0 Å². The normalized spacial score (nSPS) is 11.1. The standard InChI is InChI=1S/C12H14O/c1-4-7-11(3)13-12-9-6-5-8-10(12)2/h4-9H,1H2,2-3H3/b11-7+. The van der Waals surface area contributed by atoms with E-state index >= 15 is 0 Å². The van der Waals surface area contributed by atoms with Gasteiger partial charge in [0, 0.05) is 0 Å². The topological polar surface area (TPSA) is 9.23 Å². The van der Waals surface area contributed by atoms with Gasteiger partial charge in [0.1, 0.15) is 11.5 Å². The molecule has 0 amide bonds. The van der Waals surface area contributed by atoms with Crippen LogP contribution in [-0.2, 0) is 0 Å². The summed E-state index contributed by atoms with van der Waals surface area (Å²) in [6, 6.07) is 7.94. The van der Waals surface area contributed by atoms with E-state index in [2.05, 4.69) is 6.58 Å². The van der Waals surface area contributed by atoms with E-state index < -0.39 is 0 Å². The lowest BCUT2D eigenvalue weighted by Crippen LogP contribution is -1.91. The molecule has 0 spiro atoms. The molecule has 0 aromatic heterocycles. The number of allylic oxidation sites excluding steroid dienone is 3. The van der Waals surface area contributed by atoms with Gasteiger partial charge in [-0.25, -0.2) is 0 Å². The van der Waals surface area contributed by atoms with Crippen LogP contribution in [0.25, 0.3) is 0 Å². The molecule has 0 fully saturated rings. The highest BCUT2D eigenvalue weighted by molar-refractivity contribution is 5.33. The Kier molecular flexibility index (Phi) is 3.32. The summed E-state index contributed by atoms with van der Waals surface area (Å²) in [7, 11) is 0. The third-order valence-electron chi connectivity index (χ3n) is 1.72. The van der Waals surface area contributed by atoms with E-state index in [1.54, 1.807) is 6.08 Å². The lowest BCUT2D eigenvalue weighted by Gasteiger charge is -2.07. The SMILES string of the molecule is C=C/C=C(\C)Oc1ccccc1C. The summed E-state index contributed by atoms with van der Waals surface area (Å²) in [5, 5.41) is 0. The van der Waals surface area contributed by atoms with Crippen LogP contribution in [-0.4, -0.2) is 0 Å². The minimum Gasteiger partial charge on any atom is -0.462 e. The Morgan fingerprint density at radius 3 is 2.69 bits per heavy atom. The van der Waals surface area contributed by atoms with E-state index in [-0.39, 0.29) is 0 Å². The van der Waals surface area contributed by atoms with Crippen molar-refractivity contribution in [2.45, 2.75) is 13.8 Å². The van der Waals surface area contributed by atoms with Crippen LogP contribution >= 0.6 is 0 Å². The Bertz CT molecular complexity index is 324. The number of benzene rings is 1. The Morgan fingerprint density at radius 1 is 1.38 bits per heavy atom. The van der Waals surface area contributed by atoms with Crippen molar-refractivity contribution in [2.24, 2.45) is 0 Å². The van der Waals surface area contributed by atoms with Crippen molar-refractivity contribution >= 4 is 0 Å². The summed E-state index contributed by atoms with van der Waals surface area (Å²) in [4.78, 5) is 0. The average molecular weight is 174 g/mol. The highest BCUT2D eigenvalue weighted by Crippen LogP contribution is 2.18. The maximum absolute atomic E-state index is 5.58. The quantitative estimate of drug-likeness (QED) is 0.503.